The van der Waals surface area contributed by atoms with Crippen LogP contribution in [0.25, 0.3) is 27.8 Å². The van der Waals surface area contributed by atoms with Gasteiger partial charge in [-0.15, -0.1) is 0 Å². The summed E-state index contributed by atoms with van der Waals surface area (Å²) in [6.45, 7) is 0.418. The molecule has 0 atom stereocenters. The van der Waals surface area contributed by atoms with Crippen LogP contribution < -0.4 is 5.56 Å². The van der Waals surface area contributed by atoms with Crippen molar-refractivity contribution in [2.24, 2.45) is 0 Å². The van der Waals surface area contributed by atoms with Gasteiger partial charge in [0.1, 0.15) is 0 Å². The van der Waals surface area contributed by atoms with E-state index < -0.39 is 0 Å². The van der Waals surface area contributed by atoms with Gasteiger partial charge in [-0.25, -0.2) is 4.98 Å². The number of fused-ring (bicyclic) bond motifs is 1. The van der Waals surface area contributed by atoms with Gasteiger partial charge in [0.25, 0.3) is 5.56 Å². The zero-order valence-electron chi connectivity index (χ0n) is 12.8. The predicted molar refractivity (Wildman–Crippen MR) is 90.0 cm³/mol. The summed E-state index contributed by atoms with van der Waals surface area (Å²) in [6.07, 6.45) is 6.80. The maximum absolute atomic E-state index is 12.4. The first-order chi connectivity index (χ1) is 11.8. The van der Waals surface area contributed by atoms with Crippen molar-refractivity contribution in [3.05, 3.63) is 65.6 Å². The highest BCUT2D eigenvalue weighted by atomic mass is 16.3. The van der Waals surface area contributed by atoms with E-state index in [-0.39, 0.29) is 12.2 Å². The Morgan fingerprint density at radius 3 is 2.79 bits per heavy atom. The summed E-state index contributed by atoms with van der Waals surface area (Å²) in [5.41, 5.74) is 2.89. The van der Waals surface area contributed by atoms with Crippen molar-refractivity contribution in [2.75, 3.05) is 6.61 Å². The molecule has 0 aliphatic rings. The molecule has 0 radical (unpaired) electrons. The number of hydrogen-bond donors (Lipinski definition) is 2. The summed E-state index contributed by atoms with van der Waals surface area (Å²) in [7, 11) is 0. The van der Waals surface area contributed by atoms with Crippen LogP contribution in [-0.2, 0) is 6.54 Å². The summed E-state index contributed by atoms with van der Waals surface area (Å²) in [6, 6.07) is 9.73. The number of H-pyrrole nitrogens is 1. The molecule has 1 aromatic carbocycles. The second-order valence-electron chi connectivity index (χ2n) is 5.39. The second-order valence-corrected chi connectivity index (χ2v) is 5.39. The molecule has 0 bridgehead atoms. The van der Waals surface area contributed by atoms with Gasteiger partial charge in [0.05, 0.1) is 31.1 Å². The van der Waals surface area contributed by atoms with E-state index in [2.05, 4.69) is 15.1 Å². The van der Waals surface area contributed by atoms with Crippen molar-refractivity contribution >= 4 is 11.0 Å². The zero-order valence-corrected chi connectivity index (χ0v) is 12.8. The van der Waals surface area contributed by atoms with E-state index in [0.717, 1.165) is 16.8 Å². The van der Waals surface area contributed by atoms with Gasteiger partial charge in [0, 0.05) is 29.2 Å². The van der Waals surface area contributed by atoms with Crippen LogP contribution in [0.15, 0.2) is 60.0 Å². The van der Waals surface area contributed by atoms with Gasteiger partial charge < -0.3 is 14.7 Å². The number of aliphatic hydroxyl groups excluding tert-OH is 1. The van der Waals surface area contributed by atoms with E-state index in [1.807, 2.05) is 47.3 Å². The van der Waals surface area contributed by atoms with Crippen molar-refractivity contribution in [3.8, 4) is 16.8 Å². The van der Waals surface area contributed by atoms with E-state index in [0.29, 0.717) is 17.6 Å². The molecular formula is C17H15N5O2. The smallest absolute Gasteiger partial charge is 0.260 e. The molecule has 0 spiro atoms. The molecule has 24 heavy (non-hydrogen) atoms. The lowest BCUT2D eigenvalue weighted by Gasteiger charge is -2.02. The molecule has 0 aliphatic carbocycles. The maximum Gasteiger partial charge on any atom is 0.260 e. The molecule has 0 aliphatic heterocycles. The van der Waals surface area contributed by atoms with E-state index in [9.17, 15) is 4.79 Å². The van der Waals surface area contributed by atoms with Crippen LogP contribution in [0.1, 0.15) is 0 Å². The Hall–Kier alpha value is -3.19. The fraction of sp³-hybridized carbons (Fsp3) is 0.118. The highest BCUT2D eigenvalue weighted by molar-refractivity contribution is 5.94. The molecule has 7 nitrogen and oxygen atoms in total. The summed E-state index contributed by atoms with van der Waals surface area (Å²) in [5.74, 6) is 0. The Labute approximate surface area is 136 Å². The number of aromatic nitrogens is 5. The van der Waals surface area contributed by atoms with Gasteiger partial charge in [-0.2, -0.15) is 5.10 Å². The minimum atomic E-state index is -0.195. The van der Waals surface area contributed by atoms with Crippen molar-refractivity contribution in [1.82, 2.24) is 24.3 Å². The quantitative estimate of drug-likeness (QED) is 0.597. The number of benzene rings is 1. The largest absolute Gasteiger partial charge is 0.394 e. The van der Waals surface area contributed by atoms with Gasteiger partial charge >= 0.3 is 0 Å². The van der Waals surface area contributed by atoms with Gasteiger partial charge in [-0.05, 0) is 12.1 Å². The zero-order chi connectivity index (χ0) is 16.5. The third kappa shape index (κ3) is 2.31. The molecule has 2 N–H and O–H groups in total. The summed E-state index contributed by atoms with van der Waals surface area (Å²) in [5, 5.41) is 13.8. The molecule has 3 heterocycles. The third-order valence-corrected chi connectivity index (χ3v) is 3.90. The standard InChI is InChI=1S/C17H15N5O2/c23-7-6-21-9-12(8-20-21)14-10-22(13-4-2-1-3-5-13)16-15(14)17(24)19-11-18-16/h1-5,8-11,23H,6-7H2,(H,18,19,24). The molecule has 4 aromatic rings. The minimum Gasteiger partial charge on any atom is -0.394 e. The first-order valence-electron chi connectivity index (χ1n) is 7.56. The number of para-hydroxylation sites is 1. The Balaban J connectivity index is 1.97. The summed E-state index contributed by atoms with van der Waals surface area (Å²) >= 11 is 0. The van der Waals surface area contributed by atoms with Gasteiger partial charge in [0.2, 0.25) is 0 Å². The summed E-state index contributed by atoms with van der Waals surface area (Å²) < 4.78 is 3.54. The van der Waals surface area contributed by atoms with Crippen molar-refractivity contribution in [3.63, 3.8) is 0 Å². The van der Waals surface area contributed by atoms with Gasteiger partial charge in [-0.3, -0.25) is 9.48 Å². The molecule has 7 heteroatoms. The molecule has 120 valence electrons. The van der Waals surface area contributed by atoms with Crippen LogP contribution in [0.5, 0.6) is 0 Å². The summed E-state index contributed by atoms with van der Waals surface area (Å²) in [4.78, 5) is 19.4. The number of aliphatic hydroxyl groups is 1. The minimum absolute atomic E-state index is 0.00896. The third-order valence-electron chi connectivity index (χ3n) is 3.90. The fourth-order valence-electron chi connectivity index (χ4n) is 2.80. The average molecular weight is 321 g/mol. The Kier molecular flexibility index (Phi) is 3.47. The topological polar surface area (TPSA) is 88.7 Å². The molecular weight excluding hydrogens is 306 g/mol. The maximum atomic E-state index is 12.4. The number of nitrogens with zero attached hydrogens (tertiary/aromatic N) is 4. The highest BCUT2D eigenvalue weighted by Crippen LogP contribution is 2.29. The molecule has 4 rings (SSSR count). The Morgan fingerprint density at radius 1 is 1.17 bits per heavy atom. The van der Waals surface area contributed by atoms with Gasteiger partial charge in [-0.1, -0.05) is 18.2 Å². The van der Waals surface area contributed by atoms with Crippen LogP contribution >= 0.6 is 0 Å². The molecule has 0 fully saturated rings. The molecule has 0 amide bonds. The van der Waals surface area contributed by atoms with E-state index >= 15 is 0 Å². The average Bonchev–Trinajstić information content (AvgIpc) is 3.21. The normalized spacial score (nSPS) is 11.2. The first kappa shape index (κ1) is 14.4. The second kappa shape index (κ2) is 5.78. The van der Waals surface area contributed by atoms with Crippen molar-refractivity contribution in [1.29, 1.82) is 0 Å². The van der Waals surface area contributed by atoms with Crippen LogP contribution in [0, 0.1) is 0 Å². The number of rotatable bonds is 4. The van der Waals surface area contributed by atoms with Gasteiger partial charge in [0.15, 0.2) is 5.65 Å². The predicted octanol–water partition coefficient (Wildman–Crippen LogP) is 1.57. The fourth-order valence-corrected chi connectivity index (χ4v) is 2.80. The molecule has 0 unspecified atom stereocenters. The van der Waals surface area contributed by atoms with Crippen LogP contribution in [-0.4, -0.2) is 36.0 Å². The number of nitrogens with one attached hydrogen (secondary N) is 1. The monoisotopic (exact) mass is 321 g/mol. The molecule has 0 saturated heterocycles. The number of hydrogen-bond acceptors (Lipinski definition) is 4. The lowest BCUT2D eigenvalue weighted by Crippen LogP contribution is -2.07. The van der Waals surface area contributed by atoms with E-state index in [1.54, 1.807) is 10.9 Å². The highest BCUT2D eigenvalue weighted by Gasteiger charge is 2.16. The SMILES string of the molecule is O=c1[nH]cnc2c1c(-c1cnn(CCO)c1)cn2-c1ccccc1. The van der Waals surface area contributed by atoms with Crippen LogP contribution in [0.3, 0.4) is 0 Å². The Morgan fingerprint density at radius 2 is 2.00 bits per heavy atom. The van der Waals surface area contributed by atoms with E-state index in [4.69, 9.17) is 5.11 Å². The van der Waals surface area contributed by atoms with Crippen LogP contribution in [0.2, 0.25) is 0 Å². The molecule has 0 saturated carbocycles. The van der Waals surface area contributed by atoms with E-state index in [1.165, 1.54) is 6.33 Å². The molecule has 3 aromatic heterocycles. The lowest BCUT2D eigenvalue weighted by molar-refractivity contribution is 0.269. The first-order valence-corrected chi connectivity index (χ1v) is 7.56. The van der Waals surface area contributed by atoms with Crippen molar-refractivity contribution < 1.29 is 5.11 Å². The number of aromatic amines is 1. The lowest BCUT2D eigenvalue weighted by atomic mass is 10.1. The van der Waals surface area contributed by atoms with Crippen molar-refractivity contribution in [2.45, 2.75) is 6.54 Å². The van der Waals surface area contributed by atoms with Crippen LogP contribution in [0.4, 0.5) is 0 Å². The Bertz CT molecular complexity index is 1050.